The molecular formula is C10H15N3. The highest BCUT2D eigenvalue weighted by Crippen LogP contribution is 2.63. The SMILES string of the molecule is Cn1nccc1C1(C2(N)CC2)CC1. The molecular weight excluding hydrogens is 162 g/mol. The Morgan fingerprint density at radius 1 is 1.38 bits per heavy atom. The summed E-state index contributed by atoms with van der Waals surface area (Å²) >= 11 is 0. The van der Waals surface area contributed by atoms with Crippen molar-refractivity contribution < 1.29 is 0 Å². The number of aromatic nitrogens is 2. The van der Waals surface area contributed by atoms with Crippen LogP contribution in [0.4, 0.5) is 0 Å². The fraction of sp³-hybridized carbons (Fsp3) is 0.700. The molecule has 0 bridgehead atoms. The van der Waals surface area contributed by atoms with Crippen LogP contribution in [-0.4, -0.2) is 15.3 Å². The van der Waals surface area contributed by atoms with E-state index in [-0.39, 0.29) is 11.0 Å². The van der Waals surface area contributed by atoms with E-state index in [2.05, 4.69) is 11.2 Å². The van der Waals surface area contributed by atoms with Gasteiger partial charge in [0.15, 0.2) is 0 Å². The molecule has 0 unspecified atom stereocenters. The van der Waals surface area contributed by atoms with E-state index in [0.29, 0.717) is 0 Å². The first-order valence-electron chi connectivity index (χ1n) is 4.95. The normalized spacial score (nSPS) is 27.2. The Morgan fingerprint density at radius 3 is 2.46 bits per heavy atom. The number of aryl methyl sites for hydroxylation is 1. The van der Waals surface area contributed by atoms with Gasteiger partial charge in [-0.25, -0.2) is 0 Å². The predicted octanol–water partition coefficient (Wildman–Crippen LogP) is 0.943. The molecule has 2 N–H and O–H groups in total. The summed E-state index contributed by atoms with van der Waals surface area (Å²) < 4.78 is 1.99. The Morgan fingerprint density at radius 2 is 2.08 bits per heavy atom. The molecule has 3 nitrogen and oxygen atoms in total. The molecule has 0 spiro atoms. The Labute approximate surface area is 77.9 Å². The minimum Gasteiger partial charge on any atom is -0.324 e. The van der Waals surface area contributed by atoms with Crippen molar-refractivity contribution in [3.63, 3.8) is 0 Å². The summed E-state index contributed by atoms with van der Waals surface area (Å²) in [6.07, 6.45) is 6.77. The molecule has 2 saturated carbocycles. The highest BCUT2D eigenvalue weighted by molar-refractivity contribution is 5.36. The molecule has 0 radical (unpaired) electrons. The van der Waals surface area contributed by atoms with Crippen LogP contribution in [0.5, 0.6) is 0 Å². The van der Waals surface area contributed by atoms with Crippen LogP contribution < -0.4 is 5.73 Å². The van der Waals surface area contributed by atoms with E-state index in [1.807, 2.05) is 17.9 Å². The van der Waals surface area contributed by atoms with Crippen LogP contribution in [-0.2, 0) is 12.5 Å². The maximum Gasteiger partial charge on any atom is 0.0492 e. The zero-order chi connectivity index (χ0) is 9.10. The molecule has 3 heteroatoms. The largest absolute Gasteiger partial charge is 0.324 e. The van der Waals surface area contributed by atoms with Gasteiger partial charge >= 0.3 is 0 Å². The van der Waals surface area contributed by atoms with E-state index in [9.17, 15) is 0 Å². The molecule has 2 aliphatic carbocycles. The number of hydrogen-bond donors (Lipinski definition) is 1. The van der Waals surface area contributed by atoms with Crippen molar-refractivity contribution in [1.82, 2.24) is 9.78 Å². The molecule has 1 aromatic heterocycles. The summed E-state index contributed by atoms with van der Waals surface area (Å²) in [7, 11) is 2.02. The van der Waals surface area contributed by atoms with Gasteiger partial charge in [0, 0.05) is 29.9 Å². The van der Waals surface area contributed by atoms with E-state index in [1.165, 1.54) is 31.4 Å². The highest BCUT2D eigenvalue weighted by atomic mass is 15.3. The third-order valence-corrected chi connectivity index (χ3v) is 3.80. The fourth-order valence-electron chi connectivity index (χ4n) is 2.59. The standard InChI is InChI=1S/C10H15N3/c1-13-8(2-7-12-13)9(3-4-9)10(11)5-6-10/h2,7H,3-6,11H2,1H3. The summed E-state index contributed by atoms with van der Waals surface area (Å²) in [6.45, 7) is 0. The first-order chi connectivity index (χ1) is 6.18. The second-order valence-electron chi connectivity index (χ2n) is 4.58. The molecule has 0 amide bonds. The van der Waals surface area contributed by atoms with Crippen molar-refractivity contribution in [2.45, 2.75) is 36.6 Å². The van der Waals surface area contributed by atoms with Crippen LogP contribution in [0.1, 0.15) is 31.4 Å². The average Bonchev–Trinajstić information content (AvgIpc) is 2.98. The Kier molecular flexibility index (Phi) is 1.15. The molecule has 0 atom stereocenters. The van der Waals surface area contributed by atoms with E-state index >= 15 is 0 Å². The summed E-state index contributed by atoms with van der Waals surface area (Å²) in [5, 5.41) is 4.23. The zero-order valence-electron chi connectivity index (χ0n) is 7.95. The quantitative estimate of drug-likeness (QED) is 0.730. The van der Waals surface area contributed by atoms with Crippen molar-refractivity contribution in [1.29, 1.82) is 0 Å². The van der Waals surface area contributed by atoms with E-state index in [4.69, 9.17) is 5.73 Å². The minimum atomic E-state index is 0.112. The summed E-state index contributed by atoms with van der Waals surface area (Å²) in [6, 6.07) is 2.12. The van der Waals surface area contributed by atoms with Gasteiger partial charge in [-0.1, -0.05) is 0 Å². The predicted molar refractivity (Wildman–Crippen MR) is 50.3 cm³/mol. The maximum atomic E-state index is 6.31. The van der Waals surface area contributed by atoms with E-state index in [1.54, 1.807) is 0 Å². The number of nitrogens with two attached hydrogens (primary N) is 1. The molecule has 2 fully saturated rings. The maximum absolute atomic E-state index is 6.31. The van der Waals surface area contributed by atoms with Gasteiger partial charge in [0.05, 0.1) is 0 Å². The molecule has 0 aromatic carbocycles. The number of hydrogen-bond acceptors (Lipinski definition) is 2. The molecule has 1 aromatic rings. The lowest BCUT2D eigenvalue weighted by atomic mass is 9.90. The Balaban J connectivity index is 2.05. The summed E-state index contributed by atoms with van der Waals surface area (Å²) in [4.78, 5) is 0. The van der Waals surface area contributed by atoms with Crippen molar-refractivity contribution in [3.8, 4) is 0 Å². The van der Waals surface area contributed by atoms with Gasteiger partial charge in [-0.2, -0.15) is 5.10 Å². The van der Waals surface area contributed by atoms with Crippen LogP contribution in [0.2, 0.25) is 0 Å². The number of nitrogens with zero attached hydrogens (tertiary/aromatic N) is 2. The van der Waals surface area contributed by atoms with Crippen molar-refractivity contribution >= 4 is 0 Å². The highest BCUT2D eigenvalue weighted by Gasteiger charge is 2.65. The molecule has 0 aliphatic heterocycles. The summed E-state index contributed by atoms with van der Waals surface area (Å²) in [5.74, 6) is 0. The average molecular weight is 177 g/mol. The van der Waals surface area contributed by atoms with Gasteiger partial charge in [0.2, 0.25) is 0 Å². The van der Waals surface area contributed by atoms with Crippen molar-refractivity contribution in [2.75, 3.05) is 0 Å². The third-order valence-electron chi connectivity index (χ3n) is 3.80. The first-order valence-corrected chi connectivity index (χ1v) is 4.95. The minimum absolute atomic E-state index is 0.112. The third kappa shape index (κ3) is 0.804. The topological polar surface area (TPSA) is 43.8 Å². The molecule has 0 saturated heterocycles. The monoisotopic (exact) mass is 177 g/mol. The van der Waals surface area contributed by atoms with Gasteiger partial charge in [-0.3, -0.25) is 4.68 Å². The van der Waals surface area contributed by atoms with E-state index in [0.717, 1.165) is 0 Å². The van der Waals surface area contributed by atoms with Gasteiger partial charge in [-0.15, -0.1) is 0 Å². The van der Waals surface area contributed by atoms with Crippen LogP contribution in [0.3, 0.4) is 0 Å². The Hall–Kier alpha value is -0.830. The van der Waals surface area contributed by atoms with Crippen molar-refractivity contribution in [2.24, 2.45) is 12.8 Å². The molecule has 1 heterocycles. The molecule has 2 aliphatic rings. The molecule has 70 valence electrons. The van der Waals surface area contributed by atoms with Crippen LogP contribution >= 0.6 is 0 Å². The van der Waals surface area contributed by atoms with Crippen LogP contribution in [0.25, 0.3) is 0 Å². The summed E-state index contributed by atoms with van der Waals surface area (Å²) in [5.41, 5.74) is 8.05. The van der Waals surface area contributed by atoms with Crippen LogP contribution in [0, 0.1) is 0 Å². The van der Waals surface area contributed by atoms with Crippen LogP contribution in [0.15, 0.2) is 12.3 Å². The van der Waals surface area contributed by atoms with Gasteiger partial charge in [0.1, 0.15) is 0 Å². The Bertz CT molecular complexity index is 345. The lowest BCUT2D eigenvalue weighted by Gasteiger charge is -2.22. The zero-order valence-corrected chi connectivity index (χ0v) is 7.95. The molecule has 3 rings (SSSR count). The second-order valence-corrected chi connectivity index (χ2v) is 4.58. The fourth-order valence-corrected chi connectivity index (χ4v) is 2.59. The van der Waals surface area contributed by atoms with Crippen molar-refractivity contribution in [3.05, 3.63) is 18.0 Å². The van der Waals surface area contributed by atoms with Gasteiger partial charge < -0.3 is 5.73 Å². The lowest BCUT2D eigenvalue weighted by molar-refractivity contribution is 0.467. The lowest BCUT2D eigenvalue weighted by Crippen LogP contribution is -2.38. The van der Waals surface area contributed by atoms with E-state index < -0.39 is 0 Å². The first kappa shape index (κ1) is 7.56. The molecule has 13 heavy (non-hydrogen) atoms. The van der Waals surface area contributed by atoms with Gasteiger partial charge in [0.25, 0.3) is 0 Å². The second kappa shape index (κ2) is 1.98. The smallest absolute Gasteiger partial charge is 0.0492 e. The number of rotatable bonds is 2. The van der Waals surface area contributed by atoms with Gasteiger partial charge in [-0.05, 0) is 31.7 Å².